The van der Waals surface area contributed by atoms with E-state index in [0.717, 1.165) is 41.3 Å². The fourth-order valence-corrected chi connectivity index (χ4v) is 2.99. The van der Waals surface area contributed by atoms with Gasteiger partial charge < -0.3 is 15.5 Å². The summed E-state index contributed by atoms with van der Waals surface area (Å²) in [5.41, 5.74) is 4.51. The lowest BCUT2D eigenvalue weighted by Gasteiger charge is -2.22. The quantitative estimate of drug-likeness (QED) is 0.690. The van der Waals surface area contributed by atoms with E-state index in [1.807, 2.05) is 30.3 Å². The van der Waals surface area contributed by atoms with E-state index in [4.69, 9.17) is 11.6 Å². The highest BCUT2D eigenvalue weighted by molar-refractivity contribution is 6.30. The van der Waals surface area contributed by atoms with Gasteiger partial charge in [0.1, 0.15) is 0 Å². The van der Waals surface area contributed by atoms with Gasteiger partial charge in [-0.1, -0.05) is 23.7 Å². The number of carbonyl (C=O) groups is 1. The molecule has 2 aromatic carbocycles. The van der Waals surface area contributed by atoms with Gasteiger partial charge in [-0.25, -0.2) is 0 Å². The Morgan fingerprint density at radius 2 is 1.77 bits per heavy atom. The van der Waals surface area contributed by atoms with E-state index in [9.17, 15) is 4.79 Å². The monoisotopic (exact) mass is 373 g/mol. The third-order valence-corrected chi connectivity index (χ3v) is 4.68. The lowest BCUT2D eigenvalue weighted by molar-refractivity contribution is -0.119. The van der Waals surface area contributed by atoms with Crippen molar-refractivity contribution in [1.82, 2.24) is 5.32 Å². The van der Waals surface area contributed by atoms with Crippen LogP contribution in [0.1, 0.15) is 25.0 Å². The summed E-state index contributed by atoms with van der Waals surface area (Å²) in [6, 6.07) is 14.0. The molecule has 140 valence electrons. The van der Waals surface area contributed by atoms with Crippen LogP contribution in [0.2, 0.25) is 5.02 Å². The van der Waals surface area contributed by atoms with Gasteiger partial charge in [-0.3, -0.25) is 4.79 Å². The van der Waals surface area contributed by atoms with Crippen LogP contribution in [-0.2, 0) is 11.2 Å². The molecule has 0 fully saturated rings. The van der Waals surface area contributed by atoms with Crippen molar-refractivity contribution >= 4 is 28.9 Å². The first-order chi connectivity index (χ1) is 12.5. The molecule has 0 aromatic heterocycles. The third kappa shape index (κ3) is 5.95. The summed E-state index contributed by atoms with van der Waals surface area (Å²) in [5.74, 6) is -0.00816. The zero-order chi connectivity index (χ0) is 18.9. The standard InChI is InChI=1S/C21H28ClN3O/c1-4-25(5-2)19-10-11-20(16(3)14-19)24-15-21(26)23-13-12-17-6-8-18(22)9-7-17/h6-11,14,24H,4-5,12-13,15H2,1-3H3,(H,23,26). The minimum Gasteiger partial charge on any atom is -0.376 e. The molecule has 4 nitrogen and oxygen atoms in total. The first-order valence-corrected chi connectivity index (χ1v) is 9.51. The summed E-state index contributed by atoms with van der Waals surface area (Å²) in [5, 5.41) is 6.89. The number of aryl methyl sites for hydroxylation is 1. The molecule has 0 spiro atoms. The molecule has 0 heterocycles. The lowest BCUT2D eigenvalue weighted by Crippen LogP contribution is -2.31. The Kier molecular flexibility index (Phi) is 7.79. The van der Waals surface area contributed by atoms with Gasteiger partial charge in [0, 0.05) is 36.0 Å². The van der Waals surface area contributed by atoms with Crippen LogP contribution in [0.25, 0.3) is 0 Å². The smallest absolute Gasteiger partial charge is 0.239 e. The van der Waals surface area contributed by atoms with Crippen molar-refractivity contribution in [3.05, 3.63) is 58.6 Å². The van der Waals surface area contributed by atoms with Crippen LogP contribution < -0.4 is 15.5 Å². The van der Waals surface area contributed by atoms with Gasteiger partial charge in [-0.2, -0.15) is 0 Å². The Morgan fingerprint density at radius 1 is 1.08 bits per heavy atom. The number of hydrogen-bond donors (Lipinski definition) is 2. The Bertz CT molecular complexity index is 712. The van der Waals surface area contributed by atoms with Crippen LogP contribution in [0.4, 0.5) is 11.4 Å². The number of rotatable bonds is 9. The van der Waals surface area contributed by atoms with Crippen molar-refractivity contribution in [3.63, 3.8) is 0 Å². The Hall–Kier alpha value is -2.20. The molecule has 0 radical (unpaired) electrons. The second-order valence-electron chi connectivity index (χ2n) is 6.25. The molecule has 0 atom stereocenters. The van der Waals surface area contributed by atoms with Gasteiger partial charge >= 0.3 is 0 Å². The Balaban J connectivity index is 1.78. The number of nitrogens with one attached hydrogen (secondary N) is 2. The average Bonchev–Trinajstić information content (AvgIpc) is 2.64. The molecule has 0 aliphatic carbocycles. The molecule has 0 saturated heterocycles. The van der Waals surface area contributed by atoms with Crippen molar-refractivity contribution in [2.75, 3.05) is 36.4 Å². The largest absolute Gasteiger partial charge is 0.376 e. The summed E-state index contributed by atoms with van der Waals surface area (Å²) in [6.07, 6.45) is 0.792. The Labute approximate surface area is 161 Å². The predicted octanol–water partition coefficient (Wildman–Crippen LogP) is 4.27. The minimum absolute atomic E-state index is 0.00816. The van der Waals surface area contributed by atoms with Crippen LogP contribution in [0.3, 0.4) is 0 Å². The van der Waals surface area contributed by atoms with E-state index >= 15 is 0 Å². The molecule has 5 heteroatoms. The van der Waals surface area contributed by atoms with Gasteiger partial charge in [0.15, 0.2) is 0 Å². The molecule has 2 aromatic rings. The van der Waals surface area contributed by atoms with Gasteiger partial charge in [0.25, 0.3) is 0 Å². The van der Waals surface area contributed by atoms with Gasteiger partial charge in [0.05, 0.1) is 6.54 Å². The topological polar surface area (TPSA) is 44.4 Å². The van der Waals surface area contributed by atoms with Crippen LogP contribution >= 0.6 is 11.6 Å². The third-order valence-electron chi connectivity index (χ3n) is 4.43. The molecule has 2 N–H and O–H groups in total. The summed E-state index contributed by atoms with van der Waals surface area (Å²) in [4.78, 5) is 14.3. The Morgan fingerprint density at radius 3 is 2.38 bits per heavy atom. The molecule has 1 amide bonds. The molecule has 0 unspecified atom stereocenters. The molecule has 2 rings (SSSR count). The van der Waals surface area contributed by atoms with E-state index < -0.39 is 0 Å². The summed E-state index contributed by atoms with van der Waals surface area (Å²) in [7, 11) is 0. The highest BCUT2D eigenvalue weighted by atomic mass is 35.5. The summed E-state index contributed by atoms with van der Waals surface area (Å²) >= 11 is 5.87. The van der Waals surface area contributed by atoms with Gasteiger partial charge in [0.2, 0.25) is 5.91 Å². The van der Waals surface area contributed by atoms with E-state index in [2.05, 4.69) is 48.4 Å². The second kappa shape index (κ2) is 10.1. The maximum absolute atomic E-state index is 12.0. The highest BCUT2D eigenvalue weighted by Gasteiger charge is 2.06. The normalized spacial score (nSPS) is 10.5. The molecule has 26 heavy (non-hydrogen) atoms. The van der Waals surface area contributed by atoms with E-state index in [1.165, 1.54) is 5.69 Å². The van der Waals surface area contributed by atoms with E-state index in [-0.39, 0.29) is 12.5 Å². The first kappa shape index (κ1) is 20.1. The number of nitrogens with zero attached hydrogens (tertiary/aromatic N) is 1. The van der Waals surface area contributed by atoms with Gasteiger partial charge in [-0.15, -0.1) is 0 Å². The number of benzene rings is 2. The average molecular weight is 374 g/mol. The number of halogens is 1. The maximum atomic E-state index is 12.0. The molecule has 0 bridgehead atoms. The molecular formula is C21H28ClN3O. The first-order valence-electron chi connectivity index (χ1n) is 9.14. The number of amides is 1. The zero-order valence-electron chi connectivity index (χ0n) is 15.8. The summed E-state index contributed by atoms with van der Waals surface area (Å²) < 4.78 is 0. The van der Waals surface area contributed by atoms with Crippen molar-refractivity contribution in [2.24, 2.45) is 0 Å². The van der Waals surface area contributed by atoms with Crippen LogP contribution in [0, 0.1) is 6.92 Å². The van der Waals surface area contributed by atoms with E-state index in [1.54, 1.807) is 0 Å². The highest BCUT2D eigenvalue weighted by Crippen LogP contribution is 2.22. The molecule has 0 aliphatic heterocycles. The zero-order valence-corrected chi connectivity index (χ0v) is 16.6. The second-order valence-corrected chi connectivity index (χ2v) is 6.69. The lowest BCUT2D eigenvalue weighted by atomic mass is 10.1. The number of anilines is 2. The van der Waals surface area contributed by atoms with Crippen molar-refractivity contribution < 1.29 is 4.79 Å². The van der Waals surface area contributed by atoms with Crippen molar-refractivity contribution in [3.8, 4) is 0 Å². The van der Waals surface area contributed by atoms with Crippen LogP contribution in [0.5, 0.6) is 0 Å². The van der Waals surface area contributed by atoms with E-state index in [0.29, 0.717) is 6.54 Å². The maximum Gasteiger partial charge on any atom is 0.239 e. The van der Waals surface area contributed by atoms with Crippen LogP contribution in [0.15, 0.2) is 42.5 Å². The van der Waals surface area contributed by atoms with Gasteiger partial charge in [-0.05, 0) is 68.7 Å². The van der Waals surface area contributed by atoms with Crippen LogP contribution in [-0.4, -0.2) is 32.1 Å². The molecule has 0 saturated carbocycles. The number of hydrogen-bond acceptors (Lipinski definition) is 3. The van der Waals surface area contributed by atoms with Crippen molar-refractivity contribution in [2.45, 2.75) is 27.2 Å². The predicted molar refractivity (Wildman–Crippen MR) is 111 cm³/mol. The fraction of sp³-hybridized carbons (Fsp3) is 0.381. The number of carbonyl (C=O) groups excluding carboxylic acids is 1. The summed E-state index contributed by atoms with van der Waals surface area (Å²) in [6.45, 7) is 9.22. The molecular weight excluding hydrogens is 346 g/mol. The molecule has 0 aliphatic rings. The fourth-order valence-electron chi connectivity index (χ4n) is 2.87. The SMILES string of the molecule is CCN(CC)c1ccc(NCC(=O)NCCc2ccc(Cl)cc2)c(C)c1. The minimum atomic E-state index is -0.00816. The van der Waals surface area contributed by atoms with Crippen molar-refractivity contribution in [1.29, 1.82) is 0 Å².